The standard InChI is InChI=1S/2C5H5.4C4H9.Se.2Sn/c2*1-2-4-5-3-1;4*1-4(2)3;;;/h2*1-5H;4*1-3H3;;;. The Morgan fingerprint density at radius 2 is 0.586 bits per heavy atom. The fourth-order valence-corrected chi connectivity index (χ4v) is 33.2. The third kappa shape index (κ3) is 9.62. The summed E-state index contributed by atoms with van der Waals surface area (Å²) >= 11 is -2.95. The van der Waals surface area contributed by atoms with Crippen molar-refractivity contribution in [2.45, 2.75) is 105 Å². The maximum absolute atomic E-state index is 2.44. The van der Waals surface area contributed by atoms with Gasteiger partial charge in [0.25, 0.3) is 0 Å². The average Bonchev–Trinajstić information content (AvgIpc) is 3.06. The van der Waals surface area contributed by atoms with Gasteiger partial charge in [0.1, 0.15) is 0 Å². The van der Waals surface area contributed by atoms with Gasteiger partial charge in [0.2, 0.25) is 0 Å². The van der Waals surface area contributed by atoms with Gasteiger partial charge in [-0.25, -0.2) is 0 Å². The maximum Gasteiger partial charge on any atom is 0 e. The molecule has 0 amide bonds. The van der Waals surface area contributed by atoms with Crippen molar-refractivity contribution in [3.8, 4) is 0 Å². The van der Waals surface area contributed by atoms with Crippen LogP contribution in [0, 0.1) is 0 Å². The smallest absolute Gasteiger partial charge is 0 e. The van der Waals surface area contributed by atoms with Crippen LogP contribution in [0.2, 0.25) is 21.6 Å². The molecule has 0 saturated carbocycles. The minimum atomic E-state index is -1.48. The van der Waals surface area contributed by atoms with Gasteiger partial charge in [-0.15, -0.1) is 0 Å². The molecule has 0 aliphatic heterocycles. The van der Waals surface area contributed by atoms with E-state index in [9.17, 15) is 0 Å². The van der Waals surface area contributed by atoms with Crippen molar-refractivity contribution < 1.29 is 0 Å². The second-order valence-corrected chi connectivity index (χ2v) is 38.1. The Bertz CT molecular complexity index is 505. The molecule has 2 aliphatic carbocycles. The molecule has 0 saturated heterocycles. The predicted molar refractivity (Wildman–Crippen MR) is 140 cm³/mol. The summed E-state index contributed by atoms with van der Waals surface area (Å²) in [4.78, 5) is 0. The Kier molecular flexibility index (Phi) is 11.7. The van der Waals surface area contributed by atoms with Crippen LogP contribution in [-0.4, -0.2) is 56.6 Å². The molecule has 29 heavy (non-hydrogen) atoms. The molecule has 0 bridgehead atoms. The van der Waals surface area contributed by atoms with E-state index in [0.717, 1.165) is 7.87 Å². The van der Waals surface area contributed by atoms with Gasteiger partial charge < -0.3 is 0 Å². The van der Waals surface area contributed by atoms with Crippen molar-refractivity contribution in [3.63, 3.8) is 0 Å². The number of allylic oxidation sites excluding steroid dienone is 8. The van der Waals surface area contributed by atoms with E-state index in [1.54, 1.807) is 0 Å². The zero-order valence-electron chi connectivity index (χ0n) is 21.2. The monoisotopic (exact) mass is 678 g/mol. The van der Waals surface area contributed by atoms with Crippen LogP contribution in [0.15, 0.2) is 48.6 Å². The molecule has 2 aliphatic rings. The van der Waals surface area contributed by atoms with E-state index in [-0.39, 0.29) is 17.1 Å². The molecule has 2 rings (SSSR count). The third-order valence-corrected chi connectivity index (χ3v) is 29.8. The van der Waals surface area contributed by atoms with Crippen molar-refractivity contribution >= 4 is 56.6 Å². The molecule has 164 valence electrons. The van der Waals surface area contributed by atoms with Crippen LogP contribution in [0.25, 0.3) is 0 Å². The Balaban J connectivity index is 0.000000523. The van der Waals surface area contributed by atoms with Gasteiger partial charge in [-0.1, -0.05) is 0 Å². The number of hydrogen-bond donors (Lipinski definition) is 0. The SMILES string of the molecule is C[C](C)(C)[Sn]([CH]1C=CC=C1)[C](C)(C)C.C[C](C)(C)[Sn]([CH]1C=CC=C1)[C](C)(C)C.[Se]. The maximum atomic E-state index is 2.44. The molecule has 0 aromatic rings. The van der Waals surface area contributed by atoms with E-state index in [1.807, 2.05) is 0 Å². The summed E-state index contributed by atoms with van der Waals surface area (Å²) in [6.45, 7) is 29.3. The molecule has 4 radical (unpaired) electrons. The first-order valence-electron chi connectivity index (χ1n) is 10.9. The molecule has 3 heteroatoms. The van der Waals surface area contributed by atoms with Crippen molar-refractivity contribution in [2.24, 2.45) is 0 Å². The first kappa shape index (κ1) is 30.1. The van der Waals surface area contributed by atoms with E-state index >= 15 is 0 Å². The largest absolute Gasteiger partial charge is 0 e. The summed E-state index contributed by atoms with van der Waals surface area (Å²) < 4.78 is 3.87. The number of hydrogen-bond acceptors (Lipinski definition) is 0. The van der Waals surface area contributed by atoms with E-state index in [0.29, 0.717) is 13.7 Å². The van der Waals surface area contributed by atoms with Crippen LogP contribution in [0.5, 0.6) is 0 Å². The molecule has 0 heterocycles. The van der Waals surface area contributed by atoms with Crippen molar-refractivity contribution in [3.05, 3.63) is 48.6 Å². The van der Waals surface area contributed by atoms with Crippen molar-refractivity contribution in [1.82, 2.24) is 0 Å². The molecule has 0 N–H and O–H groups in total. The van der Waals surface area contributed by atoms with E-state index in [1.165, 1.54) is 0 Å². The summed E-state index contributed by atoms with van der Waals surface area (Å²) in [7, 11) is 0. The summed E-state index contributed by atoms with van der Waals surface area (Å²) in [6.07, 6.45) is 18.6. The normalized spacial score (nSPS) is 17.9. The number of rotatable bonds is 2. The fraction of sp³-hybridized carbons (Fsp3) is 0.692. The van der Waals surface area contributed by atoms with E-state index in [2.05, 4.69) is 132 Å². The van der Waals surface area contributed by atoms with Crippen LogP contribution in [0.1, 0.15) is 83.1 Å². The molecule has 0 aromatic carbocycles. The Morgan fingerprint density at radius 1 is 0.414 bits per heavy atom. The summed E-state index contributed by atoms with van der Waals surface area (Å²) in [5.74, 6) is 0. The zero-order valence-corrected chi connectivity index (χ0v) is 28.6. The summed E-state index contributed by atoms with van der Waals surface area (Å²) in [5.41, 5.74) is 0. The van der Waals surface area contributed by atoms with Crippen LogP contribution in [-0.2, 0) is 0 Å². The zero-order chi connectivity index (χ0) is 22.0. The predicted octanol–water partition coefficient (Wildman–Crippen LogP) is 8.77. The third-order valence-electron chi connectivity index (χ3n) is 5.39. The molecule has 0 atom stereocenters. The quantitative estimate of drug-likeness (QED) is 0.257. The van der Waals surface area contributed by atoms with Crippen LogP contribution < -0.4 is 0 Å². The summed E-state index contributed by atoms with van der Waals surface area (Å²) in [5, 5.41) is 0. The van der Waals surface area contributed by atoms with E-state index < -0.39 is 39.5 Å². The molecule has 0 fully saturated rings. The van der Waals surface area contributed by atoms with Crippen molar-refractivity contribution in [2.75, 3.05) is 0 Å². The molecule has 0 aromatic heterocycles. The second kappa shape index (κ2) is 11.3. The molecule has 0 unspecified atom stereocenters. The topological polar surface area (TPSA) is 0 Å². The van der Waals surface area contributed by atoms with Gasteiger partial charge in [-0.3, -0.25) is 0 Å². The Hall–Kier alpha value is 1.08. The van der Waals surface area contributed by atoms with Crippen LogP contribution in [0.4, 0.5) is 0 Å². The minimum Gasteiger partial charge on any atom is 0 e. The van der Waals surface area contributed by atoms with E-state index in [4.69, 9.17) is 0 Å². The molecule has 0 nitrogen and oxygen atoms in total. The summed E-state index contributed by atoms with van der Waals surface area (Å²) in [6, 6.07) is 0. The van der Waals surface area contributed by atoms with Crippen LogP contribution >= 0.6 is 0 Å². The Morgan fingerprint density at radius 3 is 0.724 bits per heavy atom. The van der Waals surface area contributed by atoms with Gasteiger partial charge in [0.15, 0.2) is 0 Å². The van der Waals surface area contributed by atoms with Gasteiger partial charge in [0.05, 0.1) is 0 Å². The second-order valence-electron chi connectivity index (χ2n) is 12.4. The van der Waals surface area contributed by atoms with Crippen LogP contribution in [0.3, 0.4) is 0 Å². The first-order valence-corrected chi connectivity index (χ1v) is 19.9. The first-order chi connectivity index (χ1) is 12.5. The average molecular weight is 675 g/mol. The van der Waals surface area contributed by atoms with Gasteiger partial charge in [0, 0.05) is 17.1 Å². The molecular formula is C26H46SeSn2. The molecule has 0 spiro atoms. The van der Waals surface area contributed by atoms with Gasteiger partial charge >= 0.3 is 193 Å². The minimum absolute atomic E-state index is 0. The van der Waals surface area contributed by atoms with Gasteiger partial charge in [-0.2, -0.15) is 0 Å². The fourth-order valence-electron chi connectivity index (χ4n) is 5.50. The molecular weight excluding hydrogens is 629 g/mol. The van der Waals surface area contributed by atoms with Crippen molar-refractivity contribution in [1.29, 1.82) is 0 Å². The van der Waals surface area contributed by atoms with Gasteiger partial charge in [-0.05, 0) is 0 Å². The Labute approximate surface area is 208 Å².